The topological polar surface area (TPSA) is 99.1 Å². The number of likely N-dealkylation sites (N-methyl/N-ethyl adjacent to an activating group) is 1. The standard InChI is InChI=1S/C45H79NO7/c1-6-8-10-12-14-16-18-19-20-21-22-23-24-26-27-29-31-33-35-43(47)52-40-41(39-51-38-37-42(45(49)50)46(3,4)5)53-44(48)36-34-32-30-28-25-17-15-13-11-9-7-2/h13,15,17,20-23,25,41-42H,6-12,14,16,18-19,24,26-40H2,1-5H3/p+1/b15-13+,21-20+,23-22+,25-17+. The molecule has 0 bridgehead atoms. The number of aliphatic carboxylic acids is 1. The summed E-state index contributed by atoms with van der Waals surface area (Å²) in [6, 6.07) is -0.622. The number of unbranched alkanes of at least 4 members (excludes halogenated alkanes) is 17. The van der Waals surface area contributed by atoms with Gasteiger partial charge < -0.3 is 23.8 Å². The molecule has 0 saturated heterocycles. The minimum Gasteiger partial charge on any atom is -0.477 e. The first kappa shape index (κ1) is 50.3. The molecule has 0 rings (SSSR count). The lowest BCUT2D eigenvalue weighted by Crippen LogP contribution is -2.50. The summed E-state index contributed by atoms with van der Waals surface area (Å²) in [5.41, 5.74) is 0. The van der Waals surface area contributed by atoms with Crippen LogP contribution in [-0.4, -0.2) is 80.6 Å². The molecule has 0 aliphatic heterocycles. The normalized spacial score (nSPS) is 13.5. The Bertz CT molecular complexity index is 1010. The number of carbonyl (C=O) groups is 3. The lowest BCUT2D eigenvalue weighted by atomic mass is 10.1. The summed E-state index contributed by atoms with van der Waals surface area (Å²) in [6.07, 6.45) is 41.6. The summed E-state index contributed by atoms with van der Waals surface area (Å²) in [5, 5.41) is 9.59. The highest BCUT2D eigenvalue weighted by molar-refractivity contribution is 5.72. The van der Waals surface area contributed by atoms with Crippen LogP contribution in [0.25, 0.3) is 0 Å². The van der Waals surface area contributed by atoms with Crippen molar-refractivity contribution in [3.8, 4) is 0 Å². The Morgan fingerprint density at radius 3 is 1.49 bits per heavy atom. The number of allylic oxidation sites excluding steroid dienone is 8. The number of carboxylic acids is 1. The highest BCUT2D eigenvalue weighted by atomic mass is 16.6. The van der Waals surface area contributed by atoms with Gasteiger partial charge in [0, 0.05) is 19.3 Å². The first-order chi connectivity index (χ1) is 25.6. The zero-order valence-corrected chi connectivity index (χ0v) is 34.7. The van der Waals surface area contributed by atoms with E-state index in [-0.39, 0.29) is 36.2 Å². The maximum absolute atomic E-state index is 12.6. The van der Waals surface area contributed by atoms with Crippen molar-refractivity contribution in [1.29, 1.82) is 0 Å². The Balaban J connectivity index is 4.39. The van der Waals surface area contributed by atoms with E-state index in [1.54, 1.807) is 0 Å². The van der Waals surface area contributed by atoms with Crippen LogP contribution >= 0.6 is 0 Å². The zero-order chi connectivity index (χ0) is 39.3. The van der Waals surface area contributed by atoms with E-state index >= 15 is 0 Å². The molecule has 0 aromatic heterocycles. The van der Waals surface area contributed by atoms with Gasteiger partial charge in [-0.15, -0.1) is 0 Å². The number of carboxylic acid groups (broad SMARTS) is 1. The van der Waals surface area contributed by atoms with Crippen molar-refractivity contribution in [1.82, 2.24) is 0 Å². The van der Waals surface area contributed by atoms with E-state index in [0.29, 0.717) is 19.3 Å². The third-order valence-corrected chi connectivity index (χ3v) is 9.26. The van der Waals surface area contributed by atoms with E-state index < -0.39 is 18.1 Å². The van der Waals surface area contributed by atoms with Crippen LogP contribution in [0.5, 0.6) is 0 Å². The molecular formula is C45H80NO7+. The molecule has 8 nitrogen and oxygen atoms in total. The number of ether oxygens (including phenoxy) is 3. The highest BCUT2D eigenvalue weighted by Gasteiger charge is 2.31. The number of hydrogen-bond donors (Lipinski definition) is 1. The molecule has 8 heteroatoms. The van der Waals surface area contributed by atoms with Gasteiger partial charge in [-0.05, 0) is 57.8 Å². The Morgan fingerprint density at radius 2 is 1.00 bits per heavy atom. The predicted octanol–water partition coefficient (Wildman–Crippen LogP) is 11.2. The van der Waals surface area contributed by atoms with Gasteiger partial charge in [-0.3, -0.25) is 9.59 Å². The van der Waals surface area contributed by atoms with Crippen molar-refractivity contribution in [3.05, 3.63) is 48.6 Å². The number of rotatable bonds is 37. The van der Waals surface area contributed by atoms with Crippen molar-refractivity contribution in [2.45, 2.75) is 180 Å². The Labute approximate surface area is 325 Å². The van der Waals surface area contributed by atoms with Crippen LogP contribution in [0, 0.1) is 0 Å². The van der Waals surface area contributed by atoms with E-state index in [1.165, 1.54) is 64.2 Å². The first-order valence-corrected chi connectivity index (χ1v) is 21.2. The number of carbonyl (C=O) groups excluding carboxylic acids is 2. The summed E-state index contributed by atoms with van der Waals surface area (Å²) in [6.45, 7) is 4.62. The molecule has 2 unspecified atom stereocenters. The van der Waals surface area contributed by atoms with Gasteiger partial charge in [0.2, 0.25) is 0 Å². The number of esters is 2. The van der Waals surface area contributed by atoms with Crippen molar-refractivity contribution in [2.75, 3.05) is 41.0 Å². The summed E-state index contributed by atoms with van der Waals surface area (Å²) in [4.78, 5) is 36.8. The lowest BCUT2D eigenvalue weighted by Gasteiger charge is -2.31. The van der Waals surface area contributed by atoms with Gasteiger partial charge in [-0.25, -0.2) is 4.79 Å². The third kappa shape index (κ3) is 34.8. The first-order valence-electron chi connectivity index (χ1n) is 21.2. The van der Waals surface area contributed by atoms with Crippen LogP contribution < -0.4 is 0 Å². The highest BCUT2D eigenvalue weighted by Crippen LogP contribution is 2.13. The van der Waals surface area contributed by atoms with Crippen LogP contribution in [0.4, 0.5) is 0 Å². The van der Waals surface area contributed by atoms with E-state index in [1.807, 2.05) is 21.1 Å². The fourth-order valence-corrected chi connectivity index (χ4v) is 5.88. The van der Waals surface area contributed by atoms with Gasteiger partial charge in [0.1, 0.15) is 6.61 Å². The number of hydrogen-bond acceptors (Lipinski definition) is 6. The van der Waals surface area contributed by atoms with Crippen LogP contribution in [0.2, 0.25) is 0 Å². The molecule has 0 aliphatic rings. The smallest absolute Gasteiger partial charge is 0.362 e. The summed E-state index contributed by atoms with van der Waals surface area (Å²) in [5.74, 6) is -1.53. The van der Waals surface area contributed by atoms with Crippen LogP contribution in [-0.2, 0) is 28.6 Å². The lowest BCUT2D eigenvalue weighted by molar-refractivity contribution is -0.887. The average Bonchev–Trinajstić information content (AvgIpc) is 3.11. The van der Waals surface area contributed by atoms with Gasteiger partial charge >= 0.3 is 17.9 Å². The summed E-state index contributed by atoms with van der Waals surface area (Å²) >= 11 is 0. The Kier molecular flexibility index (Phi) is 34.4. The van der Waals surface area contributed by atoms with Crippen LogP contribution in [0.15, 0.2) is 48.6 Å². The monoisotopic (exact) mass is 747 g/mol. The second kappa shape index (κ2) is 36.3. The van der Waals surface area contributed by atoms with Crippen molar-refractivity contribution in [2.24, 2.45) is 0 Å². The molecule has 0 radical (unpaired) electrons. The third-order valence-electron chi connectivity index (χ3n) is 9.26. The molecule has 1 N–H and O–H groups in total. The molecule has 0 aliphatic carbocycles. The van der Waals surface area contributed by atoms with Crippen molar-refractivity contribution < 1.29 is 38.2 Å². The molecule has 0 saturated carbocycles. The Morgan fingerprint density at radius 1 is 0.566 bits per heavy atom. The SMILES string of the molecule is CCCC/C=C/C=C/CCCCCC(=O)OC(COCCC(C(=O)O)[N+](C)(C)C)COC(=O)CCCCCCC/C=C/C=C/CCCCCCCCC. The maximum atomic E-state index is 12.6. The quantitative estimate of drug-likeness (QED) is 0.0292. The molecular weight excluding hydrogens is 666 g/mol. The van der Waals surface area contributed by atoms with Gasteiger partial charge in [0.15, 0.2) is 12.1 Å². The average molecular weight is 747 g/mol. The van der Waals surface area contributed by atoms with Crippen LogP contribution in [0.3, 0.4) is 0 Å². The summed E-state index contributed by atoms with van der Waals surface area (Å²) < 4.78 is 17.2. The van der Waals surface area contributed by atoms with Gasteiger partial charge in [-0.1, -0.05) is 140 Å². The minimum atomic E-state index is -0.884. The molecule has 0 fully saturated rings. The van der Waals surface area contributed by atoms with Crippen LogP contribution in [0.1, 0.15) is 168 Å². The van der Waals surface area contributed by atoms with E-state index in [4.69, 9.17) is 14.2 Å². The number of nitrogens with zero attached hydrogens (tertiary/aromatic N) is 1. The predicted molar refractivity (Wildman–Crippen MR) is 220 cm³/mol. The number of quaternary nitrogens is 1. The fraction of sp³-hybridized carbons (Fsp3) is 0.756. The molecule has 53 heavy (non-hydrogen) atoms. The second-order valence-corrected chi connectivity index (χ2v) is 15.3. The molecule has 306 valence electrons. The van der Waals surface area contributed by atoms with Gasteiger partial charge in [0.05, 0.1) is 34.4 Å². The molecule has 0 aromatic carbocycles. The molecule has 2 atom stereocenters. The van der Waals surface area contributed by atoms with E-state index in [2.05, 4.69) is 62.5 Å². The molecule has 0 amide bonds. The van der Waals surface area contributed by atoms with E-state index in [0.717, 1.165) is 70.6 Å². The second-order valence-electron chi connectivity index (χ2n) is 15.3. The van der Waals surface area contributed by atoms with Crippen molar-refractivity contribution >= 4 is 17.9 Å². The maximum Gasteiger partial charge on any atom is 0.362 e. The fourth-order valence-electron chi connectivity index (χ4n) is 5.88. The van der Waals surface area contributed by atoms with Gasteiger partial charge in [-0.2, -0.15) is 0 Å². The largest absolute Gasteiger partial charge is 0.477 e. The molecule has 0 spiro atoms. The van der Waals surface area contributed by atoms with Crippen molar-refractivity contribution in [3.63, 3.8) is 0 Å². The molecule has 0 heterocycles. The Hall–Kier alpha value is -2.71. The van der Waals surface area contributed by atoms with E-state index in [9.17, 15) is 19.5 Å². The van der Waals surface area contributed by atoms with Gasteiger partial charge in [0.25, 0.3) is 0 Å². The molecule has 0 aromatic rings. The zero-order valence-electron chi connectivity index (χ0n) is 34.7. The summed E-state index contributed by atoms with van der Waals surface area (Å²) in [7, 11) is 5.50. The minimum absolute atomic E-state index is 0.0441.